The van der Waals surface area contributed by atoms with Crippen LogP contribution in [-0.2, 0) is 6.18 Å². The van der Waals surface area contributed by atoms with E-state index in [0.29, 0.717) is 17.1 Å². The van der Waals surface area contributed by atoms with Crippen molar-refractivity contribution in [1.82, 2.24) is 19.9 Å². The van der Waals surface area contributed by atoms with E-state index in [1.807, 2.05) is 0 Å². The Hall–Kier alpha value is -2.50. The largest absolute Gasteiger partial charge is 0.477 e. The van der Waals surface area contributed by atoms with Gasteiger partial charge in [0.15, 0.2) is 17.5 Å². The maximum atomic E-state index is 13.3. The molecular weight excluding hydrogens is 404 g/mol. The van der Waals surface area contributed by atoms with Gasteiger partial charge in [0.05, 0.1) is 6.04 Å². The fraction of sp³-hybridized carbons (Fsp3) is 0.529. The number of anilines is 1. The zero-order valence-electron chi connectivity index (χ0n) is 15.3. The van der Waals surface area contributed by atoms with E-state index in [4.69, 9.17) is 4.74 Å². The Bertz CT molecular complexity index is 872. The summed E-state index contributed by atoms with van der Waals surface area (Å²) in [6.45, 7) is 5.94. The molecule has 0 aliphatic carbocycles. The molecule has 1 aliphatic heterocycles. The number of nitrogens with one attached hydrogen (secondary N) is 2. The number of hydrogen-bond donors (Lipinski definition) is 2. The summed E-state index contributed by atoms with van der Waals surface area (Å²) in [5, 5.41) is 9.88. The van der Waals surface area contributed by atoms with Gasteiger partial charge >= 0.3 is 12.4 Å². The SMILES string of the molecule is C=C[C@@H](Nc1nc2c(OC(C)C(F)(F)F)ccc(C(F)(F)F)n2n1)C1CCNC1. The predicted octanol–water partition coefficient (Wildman–Crippen LogP) is 3.65. The zero-order chi connectivity index (χ0) is 21.4. The number of ether oxygens (including phenoxy) is 1. The van der Waals surface area contributed by atoms with Crippen LogP contribution in [-0.4, -0.2) is 46.0 Å². The molecular formula is C17H19F6N5O. The van der Waals surface area contributed by atoms with Gasteiger partial charge in [0.1, 0.15) is 5.69 Å². The minimum atomic E-state index is -4.79. The maximum Gasteiger partial charge on any atom is 0.433 e. The van der Waals surface area contributed by atoms with Crippen LogP contribution in [0.1, 0.15) is 19.0 Å². The Balaban J connectivity index is 2.00. The van der Waals surface area contributed by atoms with Crippen LogP contribution in [0.2, 0.25) is 0 Å². The first kappa shape index (κ1) is 21.2. The number of hydrogen-bond acceptors (Lipinski definition) is 5. The Morgan fingerprint density at radius 1 is 1.31 bits per heavy atom. The third kappa shape index (κ3) is 4.57. The van der Waals surface area contributed by atoms with Crippen LogP contribution in [0.25, 0.3) is 5.65 Å². The lowest BCUT2D eigenvalue weighted by atomic mass is 9.99. The van der Waals surface area contributed by atoms with Crippen molar-refractivity contribution in [3.8, 4) is 5.75 Å². The molecule has 6 nitrogen and oxygen atoms in total. The molecule has 2 aromatic rings. The number of pyridine rings is 1. The van der Waals surface area contributed by atoms with Gasteiger partial charge in [0.25, 0.3) is 0 Å². The van der Waals surface area contributed by atoms with E-state index in [1.165, 1.54) is 0 Å². The van der Waals surface area contributed by atoms with Crippen molar-refractivity contribution in [3.63, 3.8) is 0 Å². The molecule has 1 aliphatic rings. The number of alkyl halides is 6. The molecule has 0 amide bonds. The van der Waals surface area contributed by atoms with E-state index in [0.717, 1.165) is 26.0 Å². The number of fused-ring (bicyclic) bond motifs is 1. The smallest absolute Gasteiger partial charge is 0.433 e. The lowest BCUT2D eigenvalue weighted by molar-refractivity contribution is -0.189. The molecule has 0 bridgehead atoms. The molecule has 2 aromatic heterocycles. The summed E-state index contributed by atoms with van der Waals surface area (Å²) in [5.41, 5.74) is -1.65. The van der Waals surface area contributed by atoms with E-state index in [9.17, 15) is 26.3 Å². The van der Waals surface area contributed by atoms with Crippen molar-refractivity contribution in [2.75, 3.05) is 18.4 Å². The second-order valence-electron chi connectivity index (χ2n) is 6.71. The van der Waals surface area contributed by atoms with Crippen molar-refractivity contribution >= 4 is 11.6 Å². The molecule has 3 atom stereocenters. The first-order valence-corrected chi connectivity index (χ1v) is 8.81. The average molecular weight is 423 g/mol. The van der Waals surface area contributed by atoms with Crippen molar-refractivity contribution in [1.29, 1.82) is 0 Å². The van der Waals surface area contributed by atoms with Crippen LogP contribution in [0, 0.1) is 5.92 Å². The molecule has 1 saturated heterocycles. The second kappa shape index (κ2) is 7.73. The van der Waals surface area contributed by atoms with Crippen LogP contribution >= 0.6 is 0 Å². The zero-order valence-corrected chi connectivity index (χ0v) is 15.3. The van der Waals surface area contributed by atoms with Crippen molar-refractivity contribution < 1.29 is 31.1 Å². The van der Waals surface area contributed by atoms with Gasteiger partial charge in [-0.1, -0.05) is 6.08 Å². The summed E-state index contributed by atoms with van der Waals surface area (Å²) in [6.07, 6.45) is -9.30. The van der Waals surface area contributed by atoms with E-state index >= 15 is 0 Å². The molecule has 2 N–H and O–H groups in total. The first-order chi connectivity index (χ1) is 13.5. The standard InChI is InChI=1S/C17H19F6N5O/c1-3-11(10-6-7-24-8-10)25-15-26-14-12(29-9(2)16(18,19)20)4-5-13(17(21,22)23)28(14)27-15/h3-5,9-11,24H,1,6-8H2,2H3,(H,25,27)/t9?,10?,11-/m1/s1. The Kier molecular flexibility index (Phi) is 5.65. The third-order valence-electron chi connectivity index (χ3n) is 4.66. The van der Waals surface area contributed by atoms with Crippen LogP contribution in [0.5, 0.6) is 5.75 Å². The predicted molar refractivity (Wildman–Crippen MR) is 92.7 cm³/mol. The molecule has 29 heavy (non-hydrogen) atoms. The van der Waals surface area contributed by atoms with Gasteiger partial charge in [0, 0.05) is 6.54 Å². The number of nitrogens with zero attached hydrogens (tertiary/aromatic N) is 3. The molecule has 12 heteroatoms. The van der Waals surface area contributed by atoms with E-state index in [1.54, 1.807) is 6.08 Å². The van der Waals surface area contributed by atoms with Crippen LogP contribution < -0.4 is 15.4 Å². The normalized spacial score (nSPS) is 19.9. The van der Waals surface area contributed by atoms with Crippen molar-refractivity contribution in [2.45, 2.75) is 37.8 Å². The summed E-state index contributed by atoms with van der Waals surface area (Å²) >= 11 is 0. The van der Waals surface area contributed by atoms with Gasteiger partial charge in [-0.15, -0.1) is 11.7 Å². The maximum absolute atomic E-state index is 13.3. The quantitative estimate of drug-likeness (QED) is 0.549. The molecule has 160 valence electrons. The fourth-order valence-corrected chi connectivity index (χ4v) is 3.07. The van der Waals surface area contributed by atoms with Gasteiger partial charge in [-0.25, -0.2) is 4.52 Å². The fourth-order valence-electron chi connectivity index (χ4n) is 3.07. The topological polar surface area (TPSA) is 63.5 Å². The van der Waals surface area contributed by atoms with Crippen LogP contribution in [0.3, 0.4) is 0 Å². The minimum absolute atomic E-state index is 0.127. The summed E-state index contributed by atoms with van der Waals surface area (Å²) in [6, 6.07) is 1.09. The summed E-state index contributed by atoms with van der Waals surface area (Å²) in [5.74, 6) is -0.494. The monoisotopic (exact) mass is 423 g/mol. The molecule has 0 spiro atoms. The van der Waals surface area contributed by atoms with Crippen LogP contribution in [0.4, 0.5) is 32.3 Å². The van der Waals surface area contributed by atoms with Crippen molar-refractivity contribution in [2.24, 2.45) is 5.92 Å². The Morgan fingerprint density at radius 3 is 2.59 bits per heavy atom. The molecule has 3 heterocycles. The Morgan fingerprint density at radius 2 is 2.03 bits per heavy atom. The number of halogens is 6. The number of rotatable bonds is 6. The molecule has 0 saturated carbocycles. The molecule has 2 unspecified atom stereocenters. The van der Waals surface area contributed by atoms with Gasteiger partial charge in [-0.05, 0) is 37.9 Å². The lowest BCUT2D eigenvalue weighted by Gasteiger charge is -2.19. The summed E-state index contributed by atoms with van der Waals surface area (Å²) < 4.78 is 83.7. The van der Waals surface area contributed by atoms with E-state index < -0.39 is 35.5 Å². The molecule has 3 rings (SSSR count). The van der Waals surface area contributed by atoms with E-state index in [2.05, 4.69) is 27.3 Å². The summed E-state index contributed by atoms with van der Waals surface area (Å²) in [7, 11) is 0. The second-order valence-corrected chi connectivity index (χ2v) is 6.71. The van der Waals surface area contributed by atoms with E-state index in [-0.39, 0.29) is 17.9 Å². The van der Waals surface area contributed by atoms with Gasteiger partial charge in [-0.3, -0.25) is 0 Å². The molecule has 1 fully saturated rings. The summed E-state index contributed by atoms with van der Waals surface area (Å²) in [4.78, 5) is 3.96. The van der Waals surface area contributed by atoms with Gasteiger partial charge in [0.2, 0.25) is 5.95 Å². The lowest BCUT2D eigenvalue weighted by Crippen LogP contribution is -2.31. The highest BCUT2D eigenvalue weighted by atomic mass is 19.4. The van der Waals surface area contributed by atoms with Gasteiger partial charge in [-0.2, -0.15) is 31.3 Å². The highest BCUT2D eigenvalue weighted by Crippen LogP contribution is 2.34. The first-order valence-electron chi connectivity index (χ1n) is 8.81. The average Bonchev–Trinajstić information content (AvgIpc) is 3.27. The highest BCUT2D eigenvalue weighted by molar-refractivity contribution is 5.57. The minimum Gasteiger partial charge on any atom is -0.477 e. The van der Waals surface area contributed by atoms with Crippen LogP contribution in [0.15, 0.2) is 24.8 Å². The molecule has 0 radical (unpaired) electrons. The molecule has 0 aromatic carbocycles. The Labute approximate surface area is 161 Å². The van der Waals surface area contributed by atoms with Crippen molar-refractivity contribution in [3.05, 3.63) is 30.5 Å². The van der Waals surface area contributed by atoms with Gasteiger partial charge < -0.3 is 15.4 Å². The third-order valence-corrected chi connectivity index (χ3v) is 4.66. The highest BCUT2D eigenvalue weighted by Gasteiger charge is 2.40. The number of aromatic nitrogens is 3.